The second kappa shape index (κ2) is 8.64. The Labute approximate surface area is 159 Å². The molecule has 1 amide bonds. The number of carbonyl (C=O) groups is 1. The largest absolute Gasteiger partial charge is 0.387 e. The van der Waals surface area contributed by atoms with Gasteiger partial charge in [0.25, 0.3) is 5.91 Å². The van der Waals surface area contributed by atoms with Crippen molar-refractivity contribution in [2.45, 2.75) is 32.4 Å². The van der Waals surface area contributed by atoms with Gasteiger partial charge >= 0.3 is 0 Å². The highest BCUT2D eigenvalue weighted by Crippen LogP contribution is 2.18. The maximum Gasteiger partial charge on any atom is 0.251 e. The van der Waals surface area contributed by atoms with E-state index in [4.69, 9.17) is 0 Å². The molecule has 140 valence electrons. The molecule has 27 heavy (non-hydrogen) atoms. The average molecular weight is 363 g/mol. The molecule has 0 radical (unpaired) electrons. The van der Waals surface area contributed by atoms with Gasteiger partial charge in [-0.25, -0.2) is 0 Å². The van der Waals surface area contributed by atoms with Crippen molar-refractivity contribution in [2.24, 2.45) is 0 Å². The second-order valence-corrected chi connectivity index (χ2v) is 6.95. The Morgan fingerprint density at radius 1 is 1.07 bits per heavy atom. The number of hydrogen-bond acceptors (Lipinski definition) is 3. The van der Waals surface area contributed by atoms with Crippen LogP contribution in [-0.4, -0.2) is 27.3 Å². The maximum atomic E-state index is 12.3. The van der Waals surface area contributed by atoms with Crippen molar-refractivity contribution in [1.29, 1.82) is 0 Å². The molecule has 1 unspecified atom stereocenters. The van der Waals surface area contributed by atoms with Crippen LogP contribution in [0.5, 0.6) is 0 Å². The summed E-state index contributed by atoms with van der Waals surface area (Å²) < 4.78 is 1.83. The molecule has 0 bridgehead atoms. The van der Waals surface area contributed by atoms with E-state index in [2.05, 4.69) is 24.3 Å². The Hall–Kier alpha value is -2.92. The highest BCUT2D eigenvalue weighted by Gasteiger charge is 2.11. The lowest BCUT2D eigenvalue weighted by atomic mass is 10.00. The Morgan fingerprint density at radius 3 is 2.33 bits per heavy atom. The minimum Gasteiger partial charge on any atom is -0.387 e. The molecule has 0 aliphatic heterocycles. The number of nitrogens with zero attached hydrogens (tertiary/aromatic N) is 2. The molecule has 1 heterocycles. The molecular formula is C22H25N3O2. The predicted octanol–water partition coefficient (Wildman–Crippen LogP) is 3.52. The molecule has 1 aromatic heterocycles. The summed E-state index contributed by atoms with van der Waals surface area (Å²) in [6, 6.07) is 17.1. The van der Waals surface area contributed by atoms with Crippen LogP contribution in [0.3, 0.4) is 0 Å². The van der Waals surface area contributed by atoms with Gasteiger partial charge in [0.2, 0.25) is 0 Å². The van der Waals surface area contributed by atoms with Gasteiger partial charge in [-0.2, -0.15) is 5.10 Å². The van der Waals surface area contributed by atoms with E-state index >= 15 is 0 Å². The van der Waals surface area contributed by atoms with Gasteiger partial charge in [-0.1, -0.05) is 50.2 Å². The SMILES string of the molecule is CC(C)c1ccc(C(O)CNC(=O)c2ccc(Cn3cccn3)cc2)cc1. The Kier molecular flexibility index (Phi) is 6.04. The number of nitrogens with one attached hydrogen (secondary N) is 1. The van der Waals surface area contributed by atoms with Gasteiger partial charge in [-0.05, 0) is 40.8 Å². The smallest absolute Gasteiger partial charge is 0.251 e. The van der Waals surface area contributed by atoms with E-state index in [0.717, 1.165) is 11.1 Å². The summed E-state index contributed by atoms with van der Waals surface area (Å²) in [5.41, 5.74) is 3.67. The second-order valence-electron chi connectivity index (χ2n) is 6.95. The van der Waals surface area contributed by atoms with Gasteiger partial charge in [0, 0.05) is 24.5 Å². The van der Waals surface area contributed by atoms with E-state index < -0.39 is 6.10 Å². The van der Waals surface area contributed by atoms with E-state index in [-0.39, 0.29) is 12.5 Å². The number of amides is 1. The van der Waals surface area contributed by atoms with E-state index in [9.17, 15) is 9.90 Å². The van der Waals surface area contributed by atoms with Gasteiger partial charge in [-0.3, -0.25) is 9.48 Å². The lowest BCUT2D eigenvalue weighted by Crippen LogP contribution is -2.28. The molecule has 2 N–H and O–H groups in total. The van der Waals surface area contributed by atoms with Gasteiger partial charge in [0.05, 0.1) is 12.6 Å². The van der Waals surface area contributed by atoms with Gasteiger partial charge in [-0.15, -0.1) is 0 Å². The third kappa shape index (κ3) is 5.05. The Balaban J connectivity index is 1.53. The van der Waals surface area contributed by atoms with E-state index in [1.165, 1.54) is 5.56 Å². The summed E-state index contributed by atoms with van der Waals surface area (Å²) in [5, 5.41) is 17.3. The summed E-state index contributed by atoms with van der Waals surface area (Å²) in [7, 11) is 0. The Bertz CT molecular complexity index is 854. The molecular weight excluding hydrogens is 338 g/mol. The minimum atomic E-state index is -0.728. The fraction of sp³-hybridized carbons (Fsp3) is 0.273. The minimum absolute atomic E-state index is 0.175. The summed E-state index contributed by atoms with van der Waals surface area (Å²) in [5.74, 6) is 0.255. The van der Waals surface area contributed by atoms with Crippen LogP contribution in [0.1, 0.15) is 52.9 Å². The first-order chi connectivity index (χ1) is 13.0. The van der Waals surface area contributed by atoms with Crippen LogP contribution in [-0.2, 0) is 6.54 Å². The van der Waals surface area contributed by atoms with Crippen LogP contribution >= 0.6 is 0 Å². The van der Waals surface area contributed by atoms with Crippen molar-refractivity contribution < 1.29 is 9.90 Å². The lowest BCUT2D eigenvalue weighted by Gasteiger charge is -2.14. The maximum absolute atomic E-state index is 12.3. The number of aliphatic hydroxyl groups excluding tert-OH is 1. The molecule has 0 aliphatic carbocycles. The summed E-state index contributed by atoms with van der Waals surface area (Å²) >= 11 is 0. The number of rotatable bonds is 7. The van der Waals surface area contributed by atoms with Crippen LogP contribution in [0, 0.1) is 0 Å². The van der Waals surface area contributed by atoms with Crippen LogP contribution < -0.4 is 5.32 Å². The van der Waals surface area contributed by atoms with Gasteiger partial charge in [0.15, 0.2) is 0 Å². The molecule has 2 aromatic carbocycles. The fourth-order valence-electron chi connectivity index (χ4n) is 2.85. The van der Waals surface area contributed by atoms with Crippen LogP contribution in [0.2, 0.25) is 0 Å². The Morgan fingerprint density at radius 2 is 1.74 bits per heavy atom. The average Bonchev–Trinajstić information content (AvgIpc) is 3.19. The molecule has 5 nitrogen and oxygen atoms in total. The molecule has 1 atom stereocenters. The number of hydrogen-bond donors (Lipinski definition) is 2. The van der Waals surface area contributed by atoms with E-state index in [1.54, 1.807) is 18.3 Å². The standard InChI is InChI=1S/C22H25N3O2/c1-16(2)18-8-10-19(11-9-18)21(26)14-23-22(27)20-6-4-17(5-7-20)15-25-13-3-12-24-25/h3-13,16,21,26H,14-15H2,1-2H3,(H,23,27). The molecule has 3 aromatic rings. The normalized spacial score (nSPS) is 12.1. The first-order valence-electron chi connectivity index (χ1n) is 9.15. The number of aliphatic hydroxyl groups is 1. The highest BCUT2D eigenvalue weighted by atomic mass is 16.3. The first kappa shape index (κ1) is 18.9. The van der Waals surface area contributed by atoms with Crippen molar-refractivity contribution in [3.8, 4) is 0 Å². The molecule has 3 rings (SSSR count). The van der Waals surface area contributed by atoms with Crippen molar-refractivity contribution >= 4 is 5.91 Å². The molecule has 0 aliphatic rings. The van der Waals surface area contributed by atoms with Crippen molar-refractivity contribution in [1.82, 2.24) is 15.1 Å². The third-order valence-corrected chi connectivity index (χ3v) is 4.56. The summed E-state index contributed by atoms with van der Waals surface area (Å²) in [4.78, 5) is 12.3. The predicted molar refractivity (Wildman–Crippen MR) is 106 cm³/mol. The quantitative estimate of drug-likeness (QED) is 0.675. The summed E-state index contributed by atoms with van der Waals surface area (Å²) in [6.45, 7) is 5.10. The monoisotopic (exact) mass is 363 g/mol. The van der Waals surface area contributed by atoms with E-state index in [0.29, 0.717) is 18.0 Å². The van der Waals surface area contributed by atoms with Gasteiger partial charge in [0.1, 0.15) is 0 Å². The molecule has 0 saturated carbocycles. The third-order valence-electron chi connectivity index (χ3n) is 4.56. The zero-order chi connectivity index (χ0) is 19.2. The fourth-order valence-corrected chi connectivity index (χ4v) is 2.85. The number of carbonyl (C=O) groups excluding carboxylic acids is 1. The molecule has 0 spiro atoms. The molecule has 0 saturated heterocycles. The van der Waals surface area contributed by atoms with Crippen LogP contribution in [0.25, 0.3) is 0 Å². The van der Waals surface area contributed by atoms with Crippen LogP contribution in [0.4, 0.5) is 0 Å². The lowest BCUT2D eigenvalue weighted by molar-refractivity contribution is 0.0916. The zero-order valence-corrected chi connectivity index (χ0v) is 15.7. The van der Waals surface area contributed by atoms with Crippen molar-refractivity contribution in [3.63, 3.8) is 0 Å². The number of aromatic nitrogens is 2. The molecule has 5 heteroatoms. The van der Waals surface area contributed by atoms with Crippen molar-refractivity contribution in [3.05, 3.63) is 89.2 Å². The highest BCUT2D eigenvalue weighted by molar-refractivity contribution is 5.94. The van der Waals surface area contributed by atoms with Crippen LogP contribution in [0.15, 0.2) is 67.0 Å². The summed E-state index contributed by atoms with van der Waals surface area (Å²) in [6.07, 6.45) is 2.91. The topological polar surface area (TPSA) is 67.2 Å². The first-order valence-corrected chi connectivity index (χ1v) is 9.15. The van der Waals surface area contributed by atoms with Gasteiger partial charge < -0.3 is 10.4 Å². The zero-order valence-electron chi connectivity index (χ0n) is 15.7. The van der Waals surface area contributed by atoms with E-state index in [1.807, 2.05) is 53.3 Å². The van der Waals surface area contributed by atoms with Crippen molar-refractivity contribution in [2.75, 3.05) is 6.54 Å². The molecule has 0 fully saturated rings. The number of benzene rings is 2.